The number of carbonyl (C=O) groups is 1. The van der Waals surface area contributed by atoms with E-state index >= 15 is 0 Å². The normalized spacial score (nSPS) is 20.5. The quantitative estimate of drug-likeness (QED) is 0.774. The Morgan fingerprint density at radius 1 is 1.40 bits per heavy atom. The maximum Gasteiger partial charge on any atom is 0.256 e. The third kappa shape index (κ3) is 2.14. The number of H-pyrrole nitrogens is 1. The summed E-state index contributed by atoms with van der Waals surface area (Å²) in [6.45, 7) is 4.71. The minimum atomic E-state index is 0.0987. The Balaban J connectivity index is 1.93. The zero-order valence-corrected chi connectivity index (χ0v) is 11.9. The van der Waals surface area contributed by atoms with E-state index in [0.717, 1.165) is 36.1 Å². The number of rotatable bonds is 1. The van der Waals surface area contributed by atoms with E-state index < -0.39 is 0 Å². The van der Waals surface area contributed by atoms with Gasteiger partial charge < -0.3 is 20.5 Å². The van der Waals surface area contributed by atoms with E-state index in [0.29, 0.717) is 5.69 Å². The number of aromatic nitrogens is 1. The lowest BCUT2D eigenvalue weighted by Gasteiger charge is -2.38. The molecule has 0 aliphatic carbocycles. The lowest BCUT2D eigenvalue weighted by atomic mass is 10.1. The van der Waals surface area contributed by atoms with E-state index in [1.165, 1.54) is 0 Å². The number of nitrogen functional groups attached to an aromatic ring is 1. The Hall–Kier alpha value is -2.01. The minimum Gasteiger partial charge on any atom is -0.399 e. The largest absolute Gasteiger partial charge is 0.399 e. The van der Waals surface area contributed by atoms with Gasteiger partial charge in [-0.15, -0.1) is 0 Å². The molecule has 1 unspecified atom stereocenters. The number of likely N-dealkylation sites (N-methyl/N-ethyl adjacent to an activating group) is 1. The molecule has 5 heteroatoms. The lowest BCUT2D eigenvalue weighted by Crippen LogP contribution is -2.52. The van der Waals surface area contributed by atoms with Crippen molar-refractivity contribution >= 4 is 22.5 Å². The van der Waals surface area contributed by atoms with Crippen LogP contribution in [0.1, 0.15) is 17.3 Å². The van der Waals surface area contributed by atoms with Crippen molar-refractivity contribution in [1.82, 2.24) is 14.8 Å². The third-order valence-corrected chi connectivity index (χ3v) is 4.03. The molecule has 1 atom stereocenters. The highest BCUT2D eigenvalue weighted by Gasteiger charge is 2.27. The van der Waals surface area contributed by atoms with Crippen LogP contribution in [0.15, 0.2) is 24.4 Å². The topological polar surface area (TPSA) is 65.4 Å². The number of amides is 1. The molecule has 1 aliphatic rings. The monoisotopic (exact) mass is 272 g/mol. The van der Waals surface area contributed by atoms with Gasteiger partial charge in [-0.1, -0.05) is 0 Å². The summed E-state index contributed by atoms with van der Waals surface area (Å²) in [6.07, 6.45) is 1.79. The first kappa shape index (κ1) is 13.0. The fourth-order valence-corrected chi connectivity index (χ4v) is 2.92. The molecule has 20 heavy (non-hydrogen) atoms. The van der Waals surface area contributed by atoms with Crippen LogP contribution in [0, 0.1) is 0 Å². The predicted molar refractivity (Wildman–Crippen MR) is 80.7 cm³/mol. The molecule has 3 rings (SSSR count). The number of hydrogen-bond acceptors (Lipinski definition) is 3. The predicted octanol–water partition coefficient (Wildman–Crippen LogP) is 1.53. The Bertz CT molecular complexity index is 648. The molecule has 2 heterocycles. The molecule has 1 aliphatic heterocycles. The fraction of sp³-hybridized carbons (Fsp3) is 0.400. The summed E-state index contributed by atoms with van der Waals surface area (Å²) < 4.78 is 0. The van der Waals surface area contributed by atoms with Gasteiger partial charge in [0.1, 0.15) is 0 Å². The van der Waals surface area contributed by atoms with Crippen molar-refractivity contribution < 1.29 is 4.79 Å². The smallest absolute Gasteiger partial charge is 0.256 e. The summed E-state index contributed by atoms with van der Waals surface area (Å²) in [5, 5.41) is 0.940. The number of carbonyl (C=O) groups excluding carboxylic acids is 1. The molecule has 0 bridgehead atoms. The van der Waals surface area contributed by atoms with E-state index in [4.69, 9.17) is 5.73 Å². The molecule has 1 aromatic carbocycles. The molecule has 1 aromatic heterocycles. The number of anilines is 1. The highest BCUT2D eigenvalue weighted by atomic mass is 16.2. The van der Waals surface area contributed by atoms with Gasteiger partial charge in [-0.25, -0.2) is 0 Å². The summed E-state index contributed by atoms with van der Waals surface area (Å²) in [6, 6.07) is 5.84. The second-order valence-electron chi connectivity index (χ2n) is 5.62. The van der Waals surface area contributed by atoms with Crippen molar-refractivity contribution in [3.63, 3.8) is 0 Å². The van der Waals surface area contributed by atoms with Crippen molar-refractivity contribution in [1.29, 1.82) is 0 Å². The highest BCUT2D eigenvalue weighted by molar-refractivity contribution is 6.07. The van der Waals surface area contributed by atoms with E-state index in [9.17, 15) is 4.79 Å². The Kier molecular flexibility index (Phi) is 3.14. The average molecular weight is 272 g/mol. The van der Waals surface area contributed by atoms with Crippen molar-refractivity contribution in [3.8, 4) is 0 Å². The van der Waals surface area contributed by atoms with Gasteiger partial charge in [0.2, 0.25) is 0 Å². The second kappa shape index (κ2) is 4.83. The molecule has 1 fully saturated rings. The lowest BCUT2D eigenvalue weighted by molar-refractivity contribution is 0.0535. The van der Waals surface area contributed by atoms with E-state index in [1.807, 2.05) is 23.1 Å². The summed E-state index contributed by atoms with van der Waals surface area (Å²) in [4.78, 5) is 20.1. The molecule has 5 nitrogen and oxygen atoms in total. The number of nitrogens with two attached hydrogens (primary N) is 1. The van der Waals surface area contributed by atoms with Gasteiger partial charge in [0.25, 0.3) is 5.91 Å². The molecule has 3 N–H and O–H groups in total. The van der Waals surface area contributed by atoms with Crippen LogP contribution in [0.25, 0.3) is 10.9 Å². The summed E-state index contributed by atoms with van der Waals surface area (Å²) in [5.74, 6) is 0.0987. The maximum absolute atomic E-state index is 12.7. The van der Waals surface area contributed by atoms with Crippen LogP contribution < -0.4 is 5.73 Å². The molecule has 106 valence electrons. The summed E-state index contributed by atoms with van der Waals surface area (Å²) in [5.41, 5.74) is 8.11. The Labute approximate surface area is 118 Å². The van der Waals surface area contributed by atoms with Crippen molar-refractivity contribution in [2.75, 3.05) is 32.4 Å². The van der Waals surface area contributed by atoms with Crippen LogP contribution in [0.4, 0.5) is 5.69 Å². The first-order valence-electron chi connectivity index (χ1n) is 6.92. The number of hydrogen-bond donors (Lipinski definition) is 2. The zero-order valence-electron chi connectivity index (χ0n) is 11.9. The zero-order chi connectivity index (χ0) is 14.3. The number of benzene rings is 1. The molecule has 0 radical (unpaired) electrons. The average Bonchev–Trinajstić information content (AvgIpc) is 2.80. The first-order chi connectivity index (χ1) is 9.56. The van der Waals surface area contributed by atoms with Crippen LogP contribution in [-0.2, 0) is 0 Å². The molecule has 0 spiro atoms. The van der Waals surface area contributed by atoms with Crippen molar-refractivity contribution in [2.24, 2.45) is 0 Å². The first-order valence-corrected chi connectivity index (χ1v) is 6.92. The highest BCUT2D eigenvalue weighted by Crippen LogP contribution is 2.23. The van der Waals surface area contributed by atoms with Crippen LogP contribution in [0.2, 0.25) is 0 Å². The minimum absolute atomic E-state index is 0.0987. The number of nitrogens with zero attached hydrogens (tertiary/aromatic N) is 2. The molecular weight excluding hydrogens is 252 g/mol. The van der Waals surface area contributed by atoms with Gasteiger partial charge in [0.15, 0.2) is 0 Å². The molecule has 2 aromatic rings. The van der Waals surface area contributed by atoms with Crippen LogP contribution in [0.5, 0.6) is 0 Å². The van der Waals surface area contributed by atoms with E-state index in [2.05, 4.69) is 23.9 Å². The standard InChI is InChI=1S/C15H20N4O/c1-10-9-18(2)5-6-19(10)15(20)13-8-17-14-7-11(16)3-4-12(13)14/h3-4,7-8,10,17H,5-6,9,16H2,1-2H3. The van der Waals surface area contributed by atoms with Crippen molar-refractivity contribution in [3.05, 3.63) is 30.0 Å². The number of aromatic amines is 1. The molecular formula is C15H20N4O. The summed E-state index contributed by atoms with van der Waals surface area (Å²) in [7, 11) is 2.09. The van der Waals surface area contributed by atoms with Gasteiger partial charge >= 0.3 is 0 Å². The Morgan fingerprint density at radius 3 is 2.95 bits per heavy atom. The third-order valence-electron chi connectivity index (χ3n) is 4.03. The molecule has 1 saturated heterocycles. The fourth-order valence-electron chi connectivity index (χ4n) is 2.92. The van der Waals surface area contributed by atoms with Gasteiger partial charge in [-0.2, -0.15) is 0 Å². The number of piperazine rings is 1. The van der Waals surface area contributed by atoms with E-state index in [1.54, 1.807) is 6.20 Å². The Morgan fingerprint density at radius 2 is 2.20 bits per heavy atom. The maximum atomic E-state index is 12.7. The van der Waals surface area contributed by atoms with Crippen molar-refractivity contribution in [2.45, 2.75) is 13.0 Å². The van der Waals surface area contributed by atoms with Gasteiger partial charge in [0.05, 0.1) is 5.56 Å². The van der Waals surface area contributed by atoms with E-state index in [-0.39, 0.29) is 11.9 Å². The number of fused-ring (bicyclic) bond motifs is 1. The SMILES string of the molecule is CC1CN(C)CCN1C(=O)c1c[nH]c2cc(N)ccc12. The van der Waals surface area contributed by atoms with Gasteiger partial charge in [-0.3, -0.25) is 4.79 Å². The second-order valence-corrected chi connectivity index (χ2v) is 5.62. The van der Waals surface area contributed by atoms with Gasteiger partial charge in [-0.05, 0) is 32.2 Å². The molecule has 1 amide bonds. The molecule has 0 saturated carbocycles. The van der Waals surface area contributed by atoms with Crippen LogP contribution in [0.3, 0.4) is 0 Å². The number of nitrogens with one attached hydrogen (secondary N) is 1. The van der Waals surface area contributed by atoms with Crippen LogP contribution in [-0.4, -0.2) is 53.4 Å². The van der Waals surface area contributed by atoms with Crippen LogP contribution >= 0.6 is 0 Å². The summed E-state index contributed by atoms with van der Waals surface area (Å²) >= 11 is 0. The van der Waals surface area contributed by atoms with Gasteiger partial charge in [0, 0.05) is 48.5 Å².